The van der Waals surface area contributed by atoms with Gasteiger partial charge in [0.2, 0.25) is 0 Å². The van der Waals surface area contributed by atoms with Crippen LogP contribution in [-0.4, -0.2) is 12.8 Å². The van der Waals surface area contributed by atoms with Gasteiger partial charge in [0, 0.05) is 18.2 Å². The van der Waals surface area contributed by atoms with Gasteiger partial charge >= 0.3 is 0 Å². The van der Waals surface area contributed by atoms with Crippen molar-refractivity contribution in [3.05, 3.63) is 0 Å². The maximum atomic E-state index is 4.36. The Bertz CT molecular complexity index is 181. The third-order valence-corrected chi connectivity index (χ3v) is 3.58. The predicted molar refractivity (Wildman–Crippen MR) is 36.6 cm³/mol. The lowest BCUT2D eigenvalue weighted by Crippen LogP contribution is -2.39. The van der Waals surface area contributed by atoms with Crippen LogP contribution in [0.25, 0.3) is 0 Å². The summed E-state index contributed by atoms with van der Waals surface area (Å²) in [5, 5.41) is 0. The molecule has 0 aromatic carbocycles. The van der Waals surface area contributed by atoms with Crippen molar-refractivity contribution in [1.82, 2.24) is 0 Å². The standard InChI is InChI=1S/C8H11N/c1-2-8-3-6(1)7(8)4-9-5-8/h5-7H,1-4H2. The molecule has 3 unspecified atom stereocenters. The molecule has 1 heterocycles. The Balaban J connectivity index is 2.09. The Morgan fingerprint density at radius 1 is 1.56 bits per heavy atom. The zero-order chi connectivity index (χ0) is 5.90. The predicted octanol–water partition coefficient (Wildman–Crippen LogP) is 1.49. The number of nitrogens with zero attached hydrogens (tertiary/aromatic N) is 1. The zero-order valence-electron chi connectivity index (χ0n) is 5.51. The Morgan fingerprint density at radius 3 is 3.33 bits per heavy atom. The molecule has 0 N–H and O–H groups in total. The first-order valence-electron chi connectivity index (χ1n) is 3.92. The first-order valence-corrected chi connectivity index (χ1v) is 3.92. The summed E-state index contributed by atoms with van der Waals surface area (Å²) in [5.41, 5.74) is 0.657. The minimum atomic E-state index is 0.657. The fourth-order valence-electron chi connectivity index (χ4n) is 3.03. The highest BCUT2D eigenvalue weighted by atomic mass is 14.9. The minimum absolute atomic E-state index is 0.657. The molecule has 3 aliphatic carbocycles. The van der Waals surface area contributed by atoms with Crippen LogP contribution >= 0.6 is 0 Å². The average molecular weight is 121 g/mol. The van der Waals surface area contributed by atoms with Gasteiger partial charge in [-0.2, -0.15) is 0 Å². The molecule has 4 aliphatic rings. The monoisotopic (exact) mass is 121 g/mol. The van der Waals surface area contributed by atoms with E-state index in [0.29, 0.717) is 5.41 Å². The Morgan fingerprint density at radius 2 is 2.56 bits per heavy atom. The molecular weight excluding hydrogens is 110 g/mol. The highest BCUT2D eigenvalue weighted by Gasteiger charge is 2.59. The van der Waals surface area contributed by atoms with E-state index in [4.69, 9.17) is 0 Å². The van der Waals surface area contributed by atoms with E-state index in [1.54, 1.807) is 0 Å². The Labute approximate surface area is 55.2 Å². The molecule has 1 spiro atoms. The summed E-state index contributed by atoms with van der Waals surface area (Å²) in [5.74, 6) is 2.07. The smallest absolute Gasteiger partial charge is 0.0425 e. The van der Waals surface area contributed by atoms with Gasteiger partial charge < -0.3 is 0 Å². The zero-order valence-corrected chi connectivity index (χ0v) is 5.51. The summed E-state index contributed by atoms with van der Waals surface area (Å²) in [6, 6.07) is 0. The maximum Gasteiger partial charge on any atom is 0.0425 e. The summed E-state index contributed by atoms with van der Waals surface area (Å²) in [6.07, 6.45) is 6.67. The van der Waals surface area contributed by atoms with Gasteiger partial charge in [0.1, 0.15) is 0 Å². The van der Waals surface area contributed by atoms with Crippen molar-refractivity contribution in [2.24, 2.45) is 22.2 Å². The summed E-state index contributed by atoms with van der Waals surface area (Å²) in [7, 11) is 0. The highest BCUT2D eigenvalue weighted by Crippen LogP contribution is 2.63. The van der Waals surface area contributed by atoms with Gasteiger partial charge in [0.05, 0.1) is 0 Å². The molecule has 0 radical (unpaired) electrons. The number of hydrogen-bond donors (Lipinski definition) is 0. The van der Waals surface area contributed by atoms with Crippen molar-refractivity contribution in [3.63, 3.8) is 0 Å². The van der Waals surface area contributed by atoms with Gasteiger partial charge in [-0.1, -0.05) is 0 Å². The van der Waals surface area contributed by atoms with Crippen LogP contribution in [0.4, 0.5) is 0 Å². The summed E-state index contributed by atoms with van der Waals surface area (Å²) < 4.78 is 0. The molecule has 48 valence electrons. The second kappa shape index (κ2) is 1.09. The van der Waals surface area contributed by atoms with Gasteiger partial charge in [-0.25, -0.2) is 0 Å². The molecular formula is C8H11N. The van der Waals surface area contributed by atoms with Crippen molar-refractivity contribution >= 4 is 6.21 Å². The van der Waals surface area contributed by atoms with Gasteiger partial charge in [-0.05, 0) is 31.1 Å². The molecule has 4 rings (SSSR count). The van der Waals surface area contributed by atoms with Crippen LogP contribution in [0.15, 0.2) is 4.99 Å². The normalized spacial score (nSPS) is 59.6. The highest BCUT2D eigenvalue weighted by molar-refractivity contribution is 5.71. The van der Waals surface area contributed by atoms with E-state index in [9.17, 15) is 0 Å². The fourth-order valence-corrected chi connectivity index (χ4v) is 3.03. The topological polar surface area (TPSA) is 12.4 Å². The number of aliphatic imine (C=N–C) groups is 1. The third kappa shape index (κ3) is 0.322. The number of fused-ring (bicyclic) bond motifs is 1. The molecule has 1 aliphatic heterocycles. The molecule has 0 aromatic heterocycles. The average Bonchev–Trinajstić information content (AvgIpc) is 2.37. The molecule has 3 saturated carbocycles. The maximum absolute atomic E-state index is 4.36. The van der Waals surface area contributed by atoms with E-state index in [2.05, 4.69) is 11.2 Å². The van der Waals surface area contributed by atoms with Crippen molar-refractivity contribution in [2.45, 2.75) is 19.3 Å². The molecule has 1 nitrogen and oxygen atoms in total. The van der Waals surface area contributed by atoms with E-state index in [0.717, 1.165) is 18.4 Å². The first-order chi connectivity index (χ1) is 4.41. The second-order valence-electron chi connectivity index (χ2n) is 3.84. The van der Waals surface area contributed by atoms with Crippen molar-refractivity contribution in [3.8, 4) is 0 Å². The SMILES string of the molecule is C1=NCC2C3CCC12C3. The van der Waals surface area contributed by atoms with Crippen LogP contribution in [-0.2, 0) is 0 Å². The number of hydrogen-bond acceptors (Lipinski definition) is 1. The Kier molecular flexibility index (Phi) is 0.544. The van der Waals surface area contributed by atoms with Crippen LogP contribution in [0.2, 0.25) is 0 Å². The van der Waals surface area contributed by atoms with E-state index in [1.165, 1.54) is 19.3 Å². The van der Waals surface area contributed by atoms with Gasteiger partial charge in [-0.3, -0.25) is 4.99 Å². The molecule has 3 atom stereocenters. The summed E-state index contributed by atoms with van der Waals surface area (Å²) in [6.45, 7) is 1.16. The Hall–Kier alpha value is -0.330. The molecule has 3 fully saturated rings. The fraction of sp³-hybridized carbons (Fsp3) is 0.875. The van der Waals surface area contributed by atoms with Crippen molar-refractivity contribution < 1.29 is 0 Å². The second-order valence-corrected chi connectivity index (χ2v) is 3.84. The van der Waals surface area contributed by atoms with Crippen LogP contribution in [0.1, 0.15) is 19.3 Å². The van der Waals surface area contributed by atoms with E-state index in [-0.39, 0.29) is 0 Å². The summed E-state index contributed by atoms with van der Waals surface area (Å²) in [4.78, 5) is 4.36. The van der Waals surface area contributed by atoms with Crippen molar-refractivity contribution in [1.29, 1.82) is 0 Å². The van der Waals surface area contributed by atoms with Gasteiger partial charge in [0.15, 0.2) is 0 Å². The third-order valence-electron chi connectivity index (χ3n) is 3.58. The lowest BCUT2D eigenvalue weighted by atomic mass is 9.62. The molecule has 0 aromatic rings. The quantitative estimate of drug-likeness (QED) is 0.460. The lowest BCUT2D eigenvalue weighted by molar-refractivity contribution is 0.130. The van der Waals surface area contributed by atoms with Crippen LogP contribution in [0.5, 0.6) is 0 Å². The van der Waals surface area contributed by atoms with E-state index >= 15 is 0 Å². The molecule has 2 bridgehead atoms. The van der Waals surface area contributed by atoms with E-state index < -0.39 is 0 Å². The van der Waals surface area contributed by atoms with Crippen LogP contribution in [0, 0.1) is 17.3 Å². The lowest BCUT2D eigenvalue weighted by Gasteiger charge is -2.40. The van der Waals surface area contributed by atoms with Crippen LogP contribution < -0.4 is 0 Å². The first kappa shape index (κ1) is 4.48. The van der Waals surface area contributed by atoms with Gasteiger partial charge in [0.25, 0.3) is 0 Å². The molecule has 0 saturated heterocycles. The van der Waals surface area contributed by atoms with Gasteiger partial charge in [-0.15, -0.1) is 0 Å². The van der Waals surface area contributed by atoms with Crippen molar-refractivity contribution in [2.75, 3.05) is 6.54 Å². The minimum Gasteiger partial charge on any atom is -0.297 e. The molecule has 0 amide bonds. The van der Waals surface area contributed by atoms with Crippen LogP contribution in [0.3, 0.4) is 0 Å². The molecule has 1 heteroatoms. The largest absolute Gasteiger partial charge is 0.297 e. The number of rotatable bonds is 0. The molecule has 9 heavy (non-hydrogen) atoms. The summed E-state index contributed by atoms with van der Waals surface area (Å²) >= 11 is 0. The van der Waals surface area contributed by atoms with E-state index in [1.807, 2.05) is 0 Å².